The molecule has 7 nitrogen and oxygen atoms in total. The number of carbonyl (C=O) groups is 4. The quantitative estimate of drug-likeness (QED) is 0.481. The van der Waals surface area contributed by atoms with Crippen LogP contribution in [0.4, 0.5) is 0 Å². The van der Waals surface area contributed by atoms with E-state index in [1.165, 1.54) is 20.8 Å². The molecule has 0 unspecified atom stereocenters. The average molecular weight is 449 g/mol. The summed E-state index contributed by atoms with van der Waals surface area (Å²) in [5, 5.41) is 0. The number of esters is 3. The Bertz CT molecular complexity index is 821. The molecule has 178 valence electrons. The lowest BCUT2D eigenvalue weighted by molar-refractivity contribution is -0.216. The zero-order chi connectivity index (χ0) is 23.4. The highest BCUT2D eigenvalue weighted by Gasteiger charge is 2.67. The predicted molar refractivity (Wildman–Crippen MR) is 114 cm³/mol. The number of ketones is 1. The van der Waals surface area contributed by atoms with Crippen molar-refractivity contribution in [3.63, 3.8) is 0 Å². The van der Waals surface area contributed by atoms with Crippen molar-refractivity contribution in [3.05, 3.63) is 0 Å². The number of fused-ring (bicyclic) bond motifs is 5. The molecule has 4 fully saturated rings. The molecule has 4 aliphatic carbocycles. The highest BCUT2D eigenvalue weighted by molar-refractivity contribution is 5.80. The molecule has 0 bridgehead atoms. The minimum Gasteiger partial charge on any atom is -0.462 e. The monoisotopic (exact) mass is 448 g/mol. The third kappa shape index (κ3) is 3.75. The van der Waals surface area contributed by atoms with Crippen LogP contribution in [0.2, 0.25) is 0 Å². The number of hydrogen-bond acceptors (Lipinski definition) is 7. The van der Waals surface area contributed by atoms with E-state index in [9.17, 15) is 19.2 Å². The zero-order valence-corrected chi connectivity index (χ0v) is 19.8. The summed E-state index contributed by atoms with van der Waals surface area (Å²) in [5.74, 6) is -0.355. The van der Waals surface area contributed by atoms with Crippen molar-refractivity contribution in [1.82, 2.24) is 0 Å². The lowest BCUT2D eigenvalue weighted by atomic mass is 9.44. The van der Waals surface area contributed by atoms with E-state index in [-0.39, 0.29) is 76.5 Å². The Morgan fingerprint density at radius 2 is 1.44 bits per heavy atom. The second-order valence-corrected chi connectivity index (χ2v) is 11.1. The molecule has 0 spiro atoms. The van der Waals surface area contributed by atoms with Gasteiger partial charge in [-0.15, -0.1) is 0 Å². The minimum absolute atomic E-state index is 0.0166. The molecule has 32 heavy (non-hydrogen) atoms. The van der Waals surface area contributed by atoms with Crippen molar-refractivity contribution < 1.29 is 33.4 Å². The van der Waals surface area contributed by atoms with Gasteiger partial charge in [-0.3, -0.25) is 19.2 Å². The molecular weight excluding hydrogens is 412 g/mol. The summed E-state index contributed by atoms with van der Waals surface area (Å²) in [6, 6.07) is 0. The number of ether oxygens (including phenoxy) is 3. The number of hydrogen-bond donors (Lipinski definition) is 0. The Kier molecular flexibility index (Phi) is 5.91. The van der Waals surface area contributed by atoms with Crippen molar-refractivity contribution in [3.8, 4) is 0 Å². The summed E-state index contributed by atoms with van der Waals surface area (Å²) in [7, 11) is 0. The van der Waals surface area contributed by atoms with E-state index in [0.717, 1.165) is 25.7 Å². The fourth-order valence-electron chi connectivity index (χ4n) is 8.05. The lowest BCUT2D eigenvalue weighted by Gasteiger charge is -2.62. The fraction of sp³-hybridized carbons (Fsp3) is 0.840. The standard InChI is InChI=1S/C25H36O7/c1-13(26)30-20-7-9-25(5)22(32-15(3)28)12-18-17(23(20)25)11-21(31-14(2)27)19-10-16(29)6-8-24(18,19)4/h17-23H,6-12H2,1-5H3/t17-,18+,19-,20+,21+,22-,23-,24-,25+/m1/s1. The van der Waals surface area contributed by atoms with Gasteiger partial charge >= 0.3 is 17.9 Å². The van der Waals surface area contributed by atoms with E-state index in [2.05, 4.69) is 13.8 Å². The molecule has 0 amide bonds. The zero-order valence-electron chi connectivity index (χ0n) is 19.8. The second-order valence-electron chi connectivity index (χ2n) is 11.1. The van der Waals surface area contributed by atoms with Crippen LogP contribution in [0, 0.1) is 34.5 Å². The molecule has 0 heterocycles. The van der Waals surface area contributed by atoms with Gasteiger partial charge in [0, 0.05) is 50.9 Å². The van der Waals surface area contributed by atoms with Gasteiger partial charge in [0.25, 0.3) is 0 Å². The Morgan fingerprint density at radius 3 is 2.06 bits per heavy atom. The van der Waals surface area contributed by atoms with Crippen LogP contribution in [0.1, 0.15) is 79.6 Å². The smallest absolute Gasteiger partial charge is 0.302 e. The summed E-state index contributed by atoms with van der Waals surface area (Å²) in [4.78, 5) is 48.3. The summed E-state index contributed by atoms with van der Waals surface area (Å²) in [6.45, 7) is 8.69. The molecule has 7 heteroatoms. The van der Waals surface area contributed by atoms with Crippen molar-refractivity contribution in [1.29, 1.82) is 0 Å². The van der Waals surface area contributed by atoms with E-state index in [4.69, 9.17) is 14.2 Å². The topological polar surface area (TPSA) is 96.0 Å². The molecule has 0 aromatic carbocycles. The first-order valence-corrected chi connectivity index (χ1v) is 12.0. The van der Waals surface area contributed by atoms with Crippen LogP contribution in [0.5, 0.6) is 0 Å². The van der Waals surface area contributed by atoms with Gasteiger partial charge in [-0.05, 0) is 49.4 Å². The van der Waals surface area contributed by atoms with E-state index in [0.29, 0.717) is 19.3 Å². The maximum atomic E-state index is 12.4. The van der Waals surface area contributed by atoms with E-state index < -0.39 is 0 Å². The summed E-state index contributed by atoms with van der Waals surface area (Å²) in [6.07, 6.45) is 3.80. The Labute approximate surface area is 189 Å². The molecule has 0 radical (unpaired) electrons. The molecule has 0 aromatic heterocycles. The fourth-order valence-corrected chi connectivity index (χ4v) is 8.05. The molecule has 0 saturated heterocycles. The van der Waals surface area contributed by atoms with Gasteiger partial charge < -0.3 is 14.2 Å². The van der Waals surface area contributed by atoms with Gasteiger partial charge in [-0.2, -0.15) is 0 Å². The van der Waals surface area contributed by atoms with Crippen molar-refractivity contribution in [2.45, 2.75) is 97.9 Å². The van der Waals surface area contributed by atoms with E-state index in [1.807, 2.05) is 0 Å². The first kappa shape index (κ1) is 23.2. The van der Waals surface area contributed by atoms with Crippen molar-refractivity contribution in [2.75, 3.05) is 0 Å². The van der Waals surface area contributed by atoms with Crippen LogP contribution in [0.3, 0.4) is 0 Å². The molecule has 0 N–H and O–H groups in total. The molecular formula is C25H36O7. The van der Waals surface area contributed by atoms with Gasteiger partial charge in [-0.1, -0.05) is 13.8 Å². The van der Waals surface area contributed by atoms with Crippen LogP contribution >= 0.6 is 0 Å². The van der Waals surface area contributed by atoms with Gasteiger partial charge in [0.1, 0.15) is 24.1 Å². The molecule has 4 aliphatic rings. The number of Topliss-reactive ketones (excluding diaryl/α,β-unsaturated/α-hetero) is 1. The van der Waals surface area contributed by atoms with Crippen LogP contribution < -0.4 is 0 Å². The van der Waals surface area contributed by atoms with Gasteiger partial charge in [0.2, 0.25) is 0 Å². The van der Waals surface area contributed by atoms with Crippen molar-refractivity contribution in [2.24, 2.45) is 34.5 Å². The highest BCUT2D eigenvalue weighted by Crippen LogP contribution is 2.67. The lowest BCUT2D eigenvalue weighted by Crippen LogP contribution is -2.62. The second kappa shape index (κ2) is 8.14. The van der Waals surface area contributed by atoms with E-state index >= 15 is 0 Å². The SMILES string of the molecule is CC(=O)O[C@H]1CC[C@]2(C)[C@@H]1[C@@H]1C[C@H](OC(C)=O)[C@H]3CC(=O)CC[C@]3(C)[C@H]1C[C@H]2OC(C)=O. The average Bonchev–Trinajstić information content (AvgIpc) is 3.00. The molecule has 4 saturated carbocycles. The first-order valence-electron chi connectivity index (χ1n) is 12.0. The molecule has 9 atom stereocenters. The number of rotatable bonds is 3. The maximum Gasteiger partial charge on any atom is 0.302 e. The molecule has 0 aliphatic heterocycles. The van der Waals surface area contributed by atoms with Gasteiger partial charge in [0.15, 0.2) is 0 Å². The van der Waals surface area contributed by atoms with Crippen LogP contribution in [0.25, 0.3) is 0 Å². The van der Waals surface area contributed by atoms with Gasteiger partial charge in [0.05, 0.1) is 0 Å². The molecule has 4 rings (SSSR count). The summed E-state index contributed by atoms with van der Waals surface area (Å²) < 4.78 is 17.6. The van der Waals surface area contributed by atoms with Crippen LogP contribution in [0.15, 0.2) is 0 Å². The van der Waals surface area contributed by atoms with Crippen LogP contribution in [-0.4, -0.2) is 42.0 Å². The minimum atomic E-state index is -0.326. The number of carbonyl (C=O) groups excluding carboxylic acids is 4. The first-order chi connectivity index (χ1) is 15.0. The largest absolute Gasteiger partial charge is 0.462 e. The molecule has 0 aromatic rings. The summed E-state index contributed by atoms with van der Waals surface area (Å²) >= 11 is 0. The Morgan fingerprint density at radius 1 is 0.812 bits per heavy atom. The Hall–Kier alpha value is -1.92. The van der Waals surface area contributed by atoms with Crippen LogP contribution in [-0.2, 0) is 33.4 Å². The predicted octanol–water partition coefficient (Wildman–Crippen LogP) is 3.61. The maximum absolute atomic E-state index is 12.4. The normalized spacial score (nSPS) is 45.2. The highest BCUT2D eigenvalue weighted by atomic mass is 16.6. The van der Waals surface area contributed by atoms with Gasteiger partial charge in [-0.25, -0.2) is 0 Å². The van der Waals surface area contributed by atoms with Crippen molar-refractivity contribution >= 4 is 23.7 Å². The third-order valence-corrected chi connectivity index (χ3v) is 9.29. The third-order valence-electron chi connectivity index (χ3n) is 9.29. The Balaban J connectivity index is 1.77. The van der Waals surface area contributed by atoms with E-state index in [1.54, 1.807) is 0 Å². The summed E-state index contributed by atoms with van der Waals surface area (Å²) in [5.41, 5.74) is -0.512.